The fourth-order valence-corrected chi connectivity index (χ4v) is 2.47. The van der Waals surface area contributed by atoms with E-state index in [1.165, 1.54) is 38.9 Å². The maximum absolute atomic E-state index is 3.73. The van der Waals surface area contributed by atoms with E-state index < -0.39 is 0 Å². The number of hydrogen-bond donors (Lipinski definition) is 2. The summed E-state index contributed by atoms with van der Waals surface area (Å²) in [6.45, 7) is 16.4. The summed E-state index contributed by atoms with van der Waals surface area (Å²) in [6, 6.07) is 0. The maximum atomic E-state index is 3.73. The number of piperidine rings is 1. The predicted molar refractivity (Wildman–Crippen MR) is 76.3 cm³/mol. The molecule has 1 aliphatic rings. The van der Waals surface area contributed by atoms with E-state index in [9.17, 15) is 0 Å². The van der Waals surface area contributed by atoms with Crippen molar-refractivity contribution in [1.29, 1.82) is 0 Å². The highest BCUT2D eigenvalue weighted by atomic mass is 14.9. The lowest BCUT2D eigenvalue weighted by Crippen LogP contribution is -2.44. The molecule has 0 aromatic carbocycles. The molecule has 0 aromatic rings. The van der Waals surface area contributed by atoms with Gasteiger partial charge in [0.25, 0.3) is 0 Å². The minimum absolute atomic E-state index is 0.417. The molecule has 1 atom stereocenters. The van der Waals surface area contributed by atoms with Crippen LogP contribution in [0.25, 0.3) is 0 Å². The Hall–Kier alpha value is -0.0800. The van der Waals surface area contributed by atoms with Crippen molar-refractivity contribution in [3.05, 3.63) is 0 Å². The second-order valence-corrected chi connectivity index (χ2v) is 7.00. The van der Waals surface area contributed by atoms with Gasteiger partial charge in [-0.05, 0) is 55.6 Å². The van der Waals surface area contributed by atoms with Crippen LogP contribution in [0.15, 0.2) is 0 Å². The zero-order chi connectivity index (χ0) is 12.9. The van der Waals surface area contributed by atoms with Crippen molar-refractivity contribution in [2.75, 3.05) is 26.2 Å². The zero-order valence-electron chi connectivity index (χ0n) is 12.5. The van der Waals surface area contributed by atoms with E-state index in [0.717, 1.165) is 12.5 Å². The molecule has 0 bridgehead atoms. The van der Waals surface area contributed by atoms with Crippen LogP contribution >= 0.6 is 0 Å². The van der Waals surface area contributed by atoms with E-state index in [2.05, 4.69) is 45.3 Å². The topological polar surface area (TPSA) is 24.1 Å². The van der Waals surface area contributed by atoms with Crippen molar-refractivity contribution >= 4 is 0 Å². The standard InChI is InChI=1S/C15H32N2/c1-6-15(7-9-16-10-8-15)12-17-11-13(2)14(3,4)5/h13,16-17H,6-12H2,1-5H3. The van der Waals surface area contributed by atoms with Gasteiger partial charge in [0.2, 0.25) is 0 Å². The van der Waals surface area contributed by atoms with Crippen molar-refractivity contribution in [1.82, 2.24) is 10.6 Å². The van der Waals surface area contributed by atoms with E-state index in [1.807, 2.05) is 0 Å². The predicted octanol–water partition coefficient (Wildman–Crippen LogP) is 3.04. The summed E-state index contributed by atoms with van der Waals surface area (Å²) in [4.78, 5) is 0. The third-order valence-electron chi connectivity index (χ3n) is 4.84. The first-order valence-electron chi connectivity index (χ1n) is 7.31. The average Bonchev–Trinajstić information content (AvgIpc) is 2.29. The smallest absolute Gasteiger partial charge is 0.000878 e. The number of hydrogen-bond acceptors (Lipinski definition) is 2. The Balaban J connectivity index is 2.33. The Morgan fingerprint density at radius 3 is 2.29 bits per heavy atom. The normalized spacial score (nSPS) is 22.4. The van der Waals surface area contributed by atoms with Gasteiger partial charge in [0.15, 0.2) is 0 Å². The highest BCUT2D eigenvalue weighted by Crippen LogP contribution is 2.32. The van der Waals surface area contributed by atoms with Crippen molar-refractivity contribution < 1.29 is 0 Å². The van der Waals surface area contributed by atoms with Gasteiger partial charge in [-0.2, -0.15) is 0 Å². The third kappa shape index (κ3) is 4.59. The SMILES string of the molecule is CCC1(CNCC(C)C(C)(C)C)CCNCC1. The number of nitrogens with one attached hydrogen (secondary N) is 2. The Kier molecular flexibility index (Phi) is 5.46. The molecule has 0 spiro atoms. The fourth-order valence-electron chi connectivity index (χ4n) is 2.47. The largest absolute Gasteiger partial charge is 0.317 e. The minimum Gasteiger partial charge on any atom is -0.317 e. The molecule has 1 fully saturated rings. The molecule has 1 aliphatic heterocycles. The van der Waals surface area contributed by atoms with Crippen molar-refractivity contribution in [3.63, 3.8) is 0 Å². The Bertz CT molecular complexity index is 211. The molecule has 1 heterocycles. The summed E-state index contributed by atoms with van der Waals surface area (Å²) in [7, 11) is 0. The first-order valence-corrected chi connectivity index (χ1v) is 7.31. The van der Waals surface area contributed by atoms with Crippen LogP contribution < -0.4 is 10.6 Å². The molecule has 2 heteroatoms. The molecule has 2 N–H and O–H groups in total. The van der Waals surface area contributed by atoms with Gasteiger partial charge in [0, 0.05) is 6.54 Å². The van der Waals surface area contributed by atoms with Crippen LogP contribution in [0, 0.1) is 16.7 Å². The molecule has 0 aliphatic carbocycles. The van der Waals surface area contributed by atoms with E-state index in [1.54, 1.807) is 0 Å². The molecule has 1 unspecified atom stereocenters. The lowest BCUT2D eigenvalue weighted by molar-refractivity contribution is 0.173. The van der Waals surface area contributed by atoms with Crippen LogP contribution in [0.2, 0.25) is 0 Å². The molecule has 1 saturated heterocycles. The zero-order valence-corrected chi connectivity index (χ0v) is 12.5. The Morgan fingerprint density at radius 1 is 1.24 bits per heavy atom. The Labute approximate surface area is 108 Å². The van der Waals surface area contributed by atoms with Crippen LogP contribution in [0.1, 0.15) is 53.9 Å². The van der Waals surface area contributed by atoms with Gasteiger partial charge in [-0.25, -0.2) is 0 Å². The highest BCUT2D eigenvalue weighted by molar-refractivity contribution is 4.86. The fraction of sp³-hybridized carbons (Fsp3) is 1.00. The van der Waals surface area contributed by atoms with Crippen molar-refractivity contribution in [3.8, 4) is 0 Å². The van der Waals surface area contributed by atoms with Gasteiger partial charge in [-0.1, -0.05) is 34.6 Å². The van der Waals surface area contributed by atoms with Crippen LogP contribution in [0.3, 0.4) is 0 Å². The second-order valence-electron chi connectivity index (χ2n) is 7.00. The van der Waals surface area contributed by atoms with Gasteiger partial charge in [0.05, 0.1) is 0 Å². The highest BCUT2D eigenvalue weighted by Gasteiger charge is 2.30. The summed E-state index contributed by atoms with van der Waals surface area (Å²) >= 11 is 0. The molecule has 0 saturated carbocycles. The first kappa shape index (κ1) is 15.0. The molecule has 102 valence electrons. The third-order valence-corrected chi connectivity index (χ3v) is 4.84. The van der Waals surface area contributed by atoms with Crippen LogP contribution in [-0.2, 0) is 0 Å². The van der Waals surface area contributed by atoms with Gasteiger partial charge in [-0.3, -0.25) is 0 Å². The molecule has 0 amide bonds. The van der Waals surface area contributed by atoms with E-state index in [4.69, 9.17) is 0 Å². The van der Waals surface area contributed by atoms with Gasteiger partial charge >= 0.3 is 0 Å². The molecule has 0 radical (unpaired) electrons. The molecule has 17 heavy (non-hydrogen) atoms. The number of rotatable bonds is 5. The van der Waals surface area contributed by atoms with Crippen molar-refractivity contribution in [2.24, 2.45) is 16.7 Å². The summed E-state index contributed by atoms with van der Waals surface area (Å²) in [5.74, 6) is 0.734. The maximum Gasteiger partial charge on any atom is 0.000878 e. The van der Waals surface area contributed by atoms with E-state index >= 15 is 0 Å². The summed E-state index contributed by atoms with van der Waals surface area (Å²) in [5, 5.41) is 7.19. The molecule has 1 rings (SSSR count). The van der Waals surface area contributed by atoms with Gasteiger partial charge < -0.3 is 10.6 Å². The first-order chi connectivity index (χ1) is 7.90. The molecule has 2 nitrogen and oxygen atoms in total. The lowest BCUT2D eigenvalue weighted by atomic mass is 9.76. The summed E-state index contributed by atoms with van der Waals surface area (Å²) in [5.41, 5.74) is 0.976. The monoisotopic (exact) mass is 240 g/mol. The van der Waals surface area contributed by atoms with Gasteiger partial charge in [-0.15, -0.1) is 0 Å². The quantitative estimate of drug-likeness (QED) is 0.772. The van der Waals surface area contributed by atoms with Crippen LogP contribution in [-0.4, -0.2) is 26.2 Å². The van der Waals surface area contributed by atoms with Crippen molar-refractivity contribution in [2.45, 2.75) is 53.9 Å². The van der Waals surface area contributed by atoms with Gasteiger partial charge in [0.1, 0.15) is 0 Å². The lowest BCUT2D eigenvalue weighted by Gasteiger charge is -2.38. The molecular formula is C15H32N2. The molecule has 0 aromatic heterocycles. The average molecular weight is 240 g/mol. The van der Waals surface area contributed by atoms with Crippen LogP contribution in [0.5, 0.6) is 0 Å². The van der Waals surface area contributed by atoms with E-state index in [0.29, 0.717) is 10.8 Å². The summed E-state index contributed by atoms with van der Waals surface area (Å²) in [6.07, 6.45) is 3.98. The van der Waals surface area contributed by atoms with Crippen LogP contribution in [0.4, 0.5) is 0 Å². The Morgan fingerprint density at radius 2 is 1.82 bits per heavy atom. The molecular weight excluding hydrogens is 208 g/mol. The minimum atomic E-state index is 0.417. The second kappa shape index (κ2) is 6.19. The van der Waals surface area contributed by atoms with E-state index in [-0.39, 0.29) is 0 Å². The summed E-state index contributed by atoms with van der Waals surface area (Å²) < 4.78 is 0.